The summed E-state index contributed by atoms with van der Waals surface area (Å²) in [5.74, 6) is 0.821. The van der Waals surface area contributed by atoms with Crippen LogP contribution in [0.1, 0.15) is 24.9 Å². The van der Waals surface area contributed by atoms with Crippen LogP contribution in [0.4, 0.5) is 0 Å². The zero-order valence-corrected chi connectivity index (χ0v) is 10.7. The molecule has 0 amide bonds. The highest BCUT2D eigenvalue weighted by Gasteiger charge is 2.08. The van der Waals surface area contributed by atoms with Crippen LogP contribution in [-0.4, -0.2) is 7.11 Å². The number of hydrogen-bond donors (Lipinski definition) is 1. The van der Waals surface area contributed by atoms with Crippen LogP contribution in [0.5, 0.6) is 5.75 Å². The van der Waals surface area contributed by atoms with Crippen LogP contribution in [-0.2, 0) is 0 Å². The summed E-state index contributed by atoms with van der Waals surface area (Å²) in [6.45, 7) is 5.84. The van der Waals surface area contributed by atoms with Crippen LogP contribution >= 0.6 is 15.9 Å². The molecule has 0 unspecified atom stereocenters. The van der Waals surface area contributed by atoms with Crippen molar-refractivity contribution in [1.29, 1.82) is 0 Å². The summed E-state index contributed by atoms with van der Waals surface area (Å²) >= 11 is 3.44. The van der Waals surface area contributed by atoms with Gasteiger partial charge in [0.25, 0.3) is 0 Å². The fraction of sp³-hybridized carbons (Fsp3) is 0.333. The Labute approximate surface area is 99.3 Å². The minimum Gasteiger partial charge on any atom is -0.496 e. The molecule has 1 aromatic rings. The molecule has 0 saturated carbocycles. The molecule has 0 radical (unpaired) electrons. The normalized spacial score (nSPS) is 12.3. The molecule has 0 bridgehead atoms. The summed E-state index contributed by atoms with van der Waals surface area (Å²) < 4.78 is 6.09. The van der Waals surface area contributed by atoms with E-state index in [1.165, 1.54) is 0 Å². The van der Waals surface area contributed by atoms with E-state index in [0.29, 0.717) is 0 Å². The Morgan fingerprint density at radius 3 is 2.73 bits per heavy atom. The van der Waals surface area contributed by atoms with Crippen molar-refractivity contribution in [3.8, 4) is 5.75 Å². The Hall–Kier alpha value is -0.800. The standard InChI is InChI=1S/C12H16BrNO/c1-8(2)6-11(14)9-4-5-12(15-3)10(13)7-9/h4-5,7,11H,1,6,14H2,2-3H3/t11-/m1/s1. The number of ether oxygens (including phenoxy) is 1. The largest absolute Gasteiger partial charge is 0.496 e. The highest BCUT2D eigenvalue weighted by atomic mass is 79.9. The summed E-state index contributed by atoms with van der Waals surface area (Å²) in [7, 11) is 1.65. The van der Waals surface area contributed by atoms with Crippen molar-refractivity contribution >= 4 is 15.9 Å². The lowest BCUT2D eigenvalue weighted by atomic mass is 10.0. The maximum absolute atomic E-state index is 6.03. The smallest absolute Gasteiger partial charge is 0.133 e. The molecule has 82 valence electrons. The summed E-state index contributed by atoms with van der Waals surface area (Å²) in [4.78, 5) is 0. The van der Waals surface area contributed by atoms with E-state index in [9.17, 15) is 0 Å². The van der Waals surface area contributed by atoms with E-state index in [1.54, 1.807) is 7.11 Å². The minimum absolute atomic E-state index is 0.00436. The lowest BCUT2D eigenvalue weighted by molar-refractivity contribution is 0.412. The van der Waals surface area contributed by atoms with Gasteiger partial charge in [0.05, 0.1) is 11.6 Å². The fourth-order valence-corrected chi connectivity index (χ4v) is 1.96. The Balaban J connectivity index is 2.87. The molecule has 0 aromatic heterocycles. The molecule has 15 heavy (non-hydrogen) atoms. The number of nitrogens with two attached hydrogens (primary N) is 1. The van der Waals surface area contributed by atoms with Crippen LogP contribution in [0.2, 0.25) is 0 Å². The van der Waals surface area contributed by atoms with Crippen molar-refractivity contribution in [3.63, 3.8) is 0 Å². The topological polar surface area (TPSA) is 35.2 Å². The first-order chi connectivity index (χ1) is 7.04. The van der Waals surface area contributed by atoms with E-state index in [2.05, 4.69) is 22.5 Å². The third kappa shape index (κ3) is 3.36. The molecule has 0 aliphatic rings. The van der Waals surface area contributed by atoms with E-state index in [0.717, 1.165) is 27.8 Å². The number of benzene rings is 1. The van der Waals surface area contributed by atoms with E-state index in [-0.39, 0.29) is 6.04 Å². The van der Waals surface area contributed by atoms with Gasteiger partial charge in [0.1, 0.15) is 5.75 Å². The lowest BCUT2D eigenvalue weighted by Gasteiger charge is -2.13. The highest BCUT2D eigenvalue weighted by molar-refractivity contribution is 9.10. The van der Waals surface area contributed by atoms with Gasteiger partial charge in [0, 0.05) is 6.04 Å². The molecule has 0 aliphatic carbocycles. The van der Waals surface area contributed by atoms with Crippen LogP contribution in [0, 0.1) is 0 Å². The quantitative estimate of drug-likeness (QED) is 0.851. The number of hydrogen-bond acceptors (Lipinski definition) is 2. The van der Waals surface area contributed by atoms with Crippen molar-refractivity contribution in [2.75, 3.05) is 7.11 Å². The van der Waals surface area contributed by atoms with Crippen molar-refractivity contribution in [2.24, 2.45) is 5.73 Å². The monoisotopic (exact) mass is 269 g/mol. The Morgan fingerprint density at radius 1 is 1.60 bits per heavy atom. The first-order valence-corrected chi connectivity index (χ1v) is 5.57. The van der Waals surface area contributed by atoms with Crippen LogP contribution in [0.3, 0.4) is 0 Å². The molecule has 2 nitrogen and oxygen atoms in total. The summed E-state index contributed by atoms with van der Waals surface area (Å²) in [5, 5.41) is 0. The van der Waals surface area contributed by atoms with E-state index < -0.39 is 0 Å². The van der Waals surface area contributed by atoms with E-state index in [1.807, 2.05) is 25.1 Å². The predicted molar refractivity (Wildman–Crippen MR) is 67.1 cm³/mol. The molecule has 2 N–H and O–H groups in total. The summed E-state index contributed by atoms with van der Waals surface area (Å²) in [6.07, 6.45) is 0.804. The zero-order chi connectivity index (χ0) is 11.4. The van der Waals surface area contributed by atoms with Crippen molar-refractivity contribution in [1.82, 2.24) is 0 Å². The maximum atomic E-state index is 6.03. The molecule has 3 heteroatoms. The first-order valence-electron chi connectivity index (χ1n) is 4.78. The summed E-state index contributed by atoms with van der Waals surface area (Å²) in [5.41, 5.74) is 8.21. The SMILES string of the molecule is C=C(C)C[C@@H](N)c1ccc(OC)c(Br)c1. The molecule has 0 saturated heterocycles. The lowest BCUT2D eigenvalue weighted by Crippen LogP contribution is -2.10. The van der Waals surface area contributed by atoms with Gasteiger partial charge in [0.2, 0.25) is 0 Å². The molecule has 1 rings (SSSR count). The zero-order valence-electron chi connectivity index (χ0n) is 9.09. The molecular formula is C12H16BrNO. The van der Waals surface area contributed by atoms with Gasteiger partial charge in [-0.05, 0) is 47.0 Å². The third-order valence-electron chi connectivity index (χ3n) is 2.17. The van der Waals surface area contributed by atoms with Gasteiger partial charge in [0.15, 0.2) is 0 Å². The average Bonchev–Trinajstić information content (AvgIpc) is 2.16. The molecule has 0 heterocycles. The van der Waals surface area contributed by atoms with Crippen molar-refractivity contribution in [3.05, 3.63) is 40.4 Å². The van der Waals surface area contributed by atoms with Crippen molar-refractivity contribution in [2.45, 2.75) is 19.4 Å². The third-order valence-corrected chi connectivity index (χ3v) is 2.79. The Morgan fingerprint density at radius 2 is 2.27 bits per heavy atom. The predicted octanol–water partition coefficient (Wildman–Crippen LogP) is 3.42. The van der Waals surface area contributed by atoms with Gasteiger partial charge >= 0.3 is 0 Å². The molecular weight excluding hydrogens is 254 g/mol. The molecule has 1 atom stereocenters. The Bertz CT molecular complexity index is 363. The second-order valence-corrected chi connectivity index (χ2v) is 4.52. The second kappa shape index (κ2) is 5.33. The molecule has 0 fully saturated rings. The van der Waals surface area contributed by atoms with Crippen molar-refractivity contribution < 1.29 is 4.74 Å². The highest BCUT2D eigenvalue weighted by Crippen LogP contribution is 2.28. The van der Waals surface area contributed by atoms with Gasteiger partial charge in [-0.15, -0.1) is 6.58 Å². The number of methoxy groups -OCH3 is 1. The molecule has 1 aromatic carbocycles. The van der Waals surface area contributed by atoms with Gasteiger partial charge in [-0.3, -0.25) is 0 Å². The van der Waals surface area contributed by atoms with Crippen LogP contribution < -0.4 is 10.5 Å². The van der Waals surface area contributed by atoms with E-state index >= 15 is 0 Å². The Kier molecular flexibility index (Phi) is 4.36. The number of halogens is 1. The number of rotatable bonds is 4. The van der Waals surface area contributed by atoms with Gasteiger partial charge in [-0.2, -0.15) is 0 Å². The summed E-state index contributed by atoms with van der Waals surface area (Å²) in [6, 6.07) is 5.89. The molecule has 0 aliphatic heterocycles. The van der Waals surface area contributed by atoms with Gasteiger partial charge in [-0.1, -0.05) is 11.6 Å². The average molecular weight is 270 g/mol. The molecule has 0 spiro atoms. The van der Waals surface area contributed by atoms with Crippen LogP contribution in [0.15, 0.2) is 34.8 Å². The van der Waals surface area contributed by atoms with Crippen LogP contribution in [0.25, 0.3) is 0 Å². The first kappa shape index (κ1) is 12.3. The van der Waals surface area contributed by atoms with Gasteiger partial charge in [-0.25, -0.2) is 0 Å². The van der Waals surface area contributed by atoms with Gasteiger partial charge < -0.3 is 10.5 Å². The second-order valence-electron chi connectivity index (χ2n) is 3.66. The van der Waals surface area contributed by atoms with E-state index in [4.69, 9.17) is 10.5 Å². The fourth-order valence-electron chi connectivity index (χ4n) is 1.41. The maximum Gasteiger partial charge on any atom is 0.133 e. The minimum atomic E-state index is 0.00436.